The van der Waals surface area contributed by atoms with Gasteiger partial charge in [0.25, 0.3) is 0 Å². The third-order valence-corrected chi connectivity index (χ3v) is 5.43. The molecule has 1 aromatic rings. The predicted molar refractivity (Wildman–Crippen MR) is 81.9 cm³/mol. The highest BCUT2D eigenvalue weighted by molar-refractivity contribution is 7.99. The van der Waals surface area contributed by atoms with Crippen LogP contribution in [-0.4, -0.2) is 33.5 Å². The van der Waals surface area contributed by atoms with Crippen molar-refractivity contribution in [3.8, 4) is 0 Å². The molecule has 1 unspecified atom stereocenters. The van der Waals surface area contributed by atoms with Gasteiger partial charge in [-0.25, -0.2) is 17.5 Å². The molecule has 0 aromatic heterocycles. The molecule has 0 saturated heterocycles. The standard InChI is InChI=1S/C13H21FN2O2S2/c1-10(19-3)6-7-16-20(17,18)13-8-11(9-15-2)4-5-12(13)14/h4-5,8,10,15-16H,6-7,9H2,1-3H3. The van der Waals surface area contributed by atoms with Crippen LogP contribution in [0.5, 0.6) is 0 Å². The lowest BCUT2D eigenvalue weighted by atomic mass is 10.2. The molecule has 0 amide bonds. The maximum atomic E-state index is 13.7. The van der Waals surface area contributed by atoms with Gasteiger partial charge in [0.15, 0.2) is 0 Å². The second-order valence-electron chi connectivity index (χ2n) is 4.53. The van der Waals surface area contributed by atoms with Crippen LogP contribution in [0, 0.1) is 5.82 Å². The minimum Gasteiger partial charge on any atom is -0.316 e. The molecule has 0 radical (unpaired) electrons. The van der Waals surface area contributed by atoms with E-state index >= 15 is 0 Å². The minimum atomic E-state index is -3.80. The van der Waals surface area contributed by atoms with Crippen LogP contribution < -0.4 is 10.0 Å². The first-order valence-corrected chi connectivity index (χ1v) is 9.13. The van der Waals surface area contributed by atoms with E-state index in [9.17, 15) is 12.8 Å². The smallest absolute Gasteiger partial charge is 0.243 e. The van der Waals surface area contributed by atoms with Gasteiger partial charge in [-0.05, 0) is 37.4 Å². The Balaban J connectivity index is 2.83. The topological polar surface area (TPSA) is 58.2 Å². The number of hydrogen-bond donors (Lipinski definition) is 2. The van der Waals surface area contributed by atoms with Gasteiger partial charge in [0.2, 0.25) is 10.0 Å². The molecule has 0 aliphatic carbocycles. The number of benzene rings is 1. The van der Waals surface area contributed by atoms with E-state index in [1.165, 1.54) is 12.1 Å². The second kappa shape index (κ2) is 7.97. The van der Waals surface area contributed by atoms with Crippen molar-refractivity contribution in [2.45, 2.75) is 30.0 Å². The first-order chi connectivity index (χ1) is 9.40. The Morgan fingerprint density at radius 1 is 1.40 bits per heavy atom. The van der Waals surface area contributed by atoms with Crippen molar-refractivity contribution in [3.05, 3.63) is 29.6 Å². The molecule has 0 saturated carbocycles. The van der Waals surface area contributed by atoms with E-state index in [1.807, 2.05) is 13.2 Å². The van der Waals surface area contributed by atoms with Crippen molar-refractivity contribution in [2.24, 2.45) is 0 Å². The third kappa shape index (κ3) is 5.05. The van der Waals surface area contributed by atoms with Gasteiger partial charge in [-0.2, -0.15) is 11.8 Å². The number of nitrogens with one attached hydrogen (secondary N) is 2. The average Bonchev–Trinajstić information content (AvgIpc) is 2.40. The lowest BCUT2D eigenvalue weighted by Crippen LogP contribution is -2.27. The number of halogens is 1. The van der Waals surface area contributed by atoms with Crippen molar-refractivity contribution in [3.63, 3.8) is 0 Å². The summed E-state index contributed by atoms with van der Waals surface area (Å²) in [4.78, 5) is -0.290. The maximum absolute atomic E-state index is 13.7. The second-order valence-corrected chi connectivity index (χ2v) is 7.54. The fourth-order valence-corrected chi connectivity index (χ4v) is 3.19. The molecular weight excluding hydrogens is 299 g/mol. The van der Waals surface area contributed by atoms with Gasteiger partial charge in [-0.1, -0.05) is 13.0 Å². The average molecular weight is 320 g/mol. The monoisotopic (exact) mass is 320 g/mol. The van der Waals surface area contributed by atoms with Crippen LogP contribution in [0.1, 0.15) is 18.9 Å². The van der Waals surface area contributed by atoms with Gasteiger partial charge in [-0.15, -0.1) is 0 Å². The van der Waals surface area contributed by atoms with Gasteiger partial charge in [0, 0.05) is 18.3 Å². The Labute approximate surface area is 124 Å². The lowest BCUT2D eigenvalue weighted by Gasteiger charge is -2.11. The van der Waals surface area contributed by atoms with E-state index in [0.717, 1.165) is 5.56 Å². The highest BCUT2D eigenvalue weighted by Gasteiger charge is 2.19. The van der Waals surface area contributed by atoms with Crippen LogP contribution >= 0.6 is 11.8 Å². The van der Waals surface area contributed by atoms with E-state index in [-0.39, 0.29) is 4.90 Å². The Bertz CT molecular complexity index is 535. The quantitative estimate of drug-likeness (QED) is 0.769. The molecule has 0 aliphatic rings. The molecule has 7 heteroatoms. The molecule has 1 rings (SSSR count). The molecule has 1 aromatic carbocycles. The van der Waals surface area contributed by atoms with Gasteiger partial charge in [0.1, 0.15) is 10.7 Å². The highest BCUT2D eigenvalue weighted by atomic mass is 32.2. The summed E-state index contributed by atoms with van der Waals surface area (Å²) >= 11 is 1.67. The van der Waals surface area contributed by atoms with Crippen LogP contribution in [0.3, 0.4) is 0 Å². The molecule has 0 spiro atoms. The molecule has 0 heterocycles. The summed E-state index contributed by atoms with van der Waals surface area (Å²) in [5.41, 5.74) is 0.728. The number of thioether (sulfide) groups is 1. The molecule has 4 nitrogen and oxygen atoms in total. The van der Waals surface area contributed by atoms with E-state index < -0.39 is 15.8 Å². The number of rotatable bonds is 8. The van der Waals surface area contributed by atoms with Crippen molar-refractivity contribution in [2.75, 3.05) is 19.8 Å². The summed E-state index contributed by atoms with van der Waals surface area (Å²) in [6.07, 6.45) is 2.68. The zero-order valence-electron chi connectivity index (χ0n) is 11.9. The fraction of sp³-hybridized carbons (Fsp3) is 0.538. The zero-order chi connectivity index (χ0) is 15.2. The Kier molecular flexibility index (Phi) is 6.94. The lowest BCUT2D eigenvalue weighted by molar-refractivity contribution is 0.554. The van der Waals surface area contributed by atoms with E-state index in [2.05, 4.69) is 10.0 Å². The molecule has 1 atom stereocenters. The summed E-state index contributed by atoms with van der Waals surface area (Å²) in [6.45, 7) is 2.82. The van der Waals surface area contributed by atoms with Gasteiger partial charge in [-0.3, -0.25) is 0 Å². The van der Waals surface area contributed by atoms with Crippen LogP contribution in [-0.2, 0) is 16.6 Å². The van der Waals surface area contributed by atoms with Gasteiger partial charge >= 0.3 is 0 Å². The van der Waals surface area contributed by atoms with E-state index in [1.54, 1.807) is 24.9 Å². The van der Waals surface area contributed by atoms with Crippen LogP contribution in [0.4, 0.5) is 4.39 Å². The van der Waals surface area contributed by atoms with Crippen molar-refractivity contribution < 1.29 is 12.8 Å². The Morgan fingerprint density at radius 2 is 2.10 bits per heavy atom. The van der Waals surface area contributed by atoms with E-state index in [4.69, 9.17) is 0 Å². The van der Waals surface area contributed by atoms with Gasteiger partial charge in [0.05, 0.1) is 0 Å². The molecule has 0 aliphatic heterocycles. The SMILES string of the molecule is CNCc1ccc(F)c(S(=O)(=O)NCCC(C)SC)c1. The van der Waals surface area contributed by atoms with E-state index in [0.29, 0.717) is 24.8 Å². The molecule has 0 bridgehead atoms. The summed E-state index contributed by atoms with van der Waals surface area (Å²) in [5, 5.41) is 3.27. The summed E-state index contributed by atoms with van der Waals surface area (Å²) < 4.78 is 40.4. The molecular formula is C13H21FN2O2S2. The minimum absolute atomic E-state index is 0.290. The summed E-state index contributed by atoms with van der Waals surface area (Å²) in [5.74, 6) is -0.727. The number of sulfonamides is 1. The Morgan fingerprint density at radius 3 is 2.70 bits per heavy atom. The van der Waals surface area contributed by atoms with Crippen molar-refractivity contribution >= 4 is 21.8 Å². The van der Waals surface area contributed by atoms with Gasteiger partial charge < -0.3 is 5.32 Å². The Hall–Kier alpha value is -0.630. The third-order valence-electron chi connectivity index (χ3n) is 2.91. The molecule has 0 fully saturated rings. The first-order valence-electron chi connectivity index (χ1n) is 6.36. The molecule has 114 valence electrons. The fourth-order valence-electron chi connectivity index (χ4n) is 1.66. The summed E-state index contributed by atoms with van der Waals surface area (Å²) in [6, 6.07) is 4.12. The largest absolute Gasteiger partial charge is 0.316 e. The number of hydrogen-bond acceptors (Lipinski definition) is 4. The van der Waals surface area contributed by atoms with Crippen molar-refractivity contribution in [1.82, 2.24) is 10.0 Å². The highest BCUT2D eigenvalue weighted by Crippen LogP contribution is 2.17. The predicted octanol–water partition coefficient (Wildman–Crippen LogP) is 1.97. The van der Waals surface area contributed by atoms with Crippen LogP contribution in [0.25, 0.3) is 0 Å². The zero-order valence-corrected chi connectivity index (χ0v) is 13.6. The molecule has 2 N–H and O–H groups in total. The van der Waals surface area contributed by atoms with Crippen LogP contribution in [0.15, 0.2) is 23.1 Å². The van der Waals surface area contributed by atoms with Crippen LogP contribution in [0.2, 0.25) is 0 Å². The van der Waals surface area contributed by atoms with Crippen molar-refractivity contribution in [1.29, 1.82) is 0 Å². The normalized spacial score (nSPS) is 13.4. The first kappa shape index (κ1) is 17.4. The maximum Gasteiger partial charge on any atom is 0.243 e. The molecule has 20 heavy (non-hydrogen) atoms. The summed E-state index contributed by atoms with van der Waals surface area (Å²) in [7, 11) is -2.05.